The van der Waals surface area contributed by atoms with Gasteiger partial charge in [-0.15, -0.1) is 0 Å². The number of hydrogen-bond acceptors (Lipinski definition) is 2. The fourth-order valence-electron chi connectivity index (χ4n) is 3.56. The average Bonchev–Trinajstić information content (AvgIpc) is 3.04. The van der Waals surface area contributed by atoms with Gasteiger partial charge in [-0.25, -0.2) is 4.98 Å². The minimum Gasteiger partial charge on any atom is -0.339 e. The number of rotatable bonds is 3. The normalized spacial score (nSPS) is 15.6. The van der Waals surface area contributed by atoms with Crippen molar-refractivity contribution in [2.45, 2.75) is 19.4 Å². The predicted molar refractivity (Wildman–Crippen MR) is 103 cm³/mol. The smallest absolute Gasteiger partial charge is 0.253 e. The largest absolute Gasteiger partial charge is 0.339 e. The highest BCUT2D eigenvalue weighted by molar-refractivity contribution is 9.10. The van der Waals surface area contributed by atoms with E-state index in [1.807, 2.05) is 41.4 Å². The molecule has 1 amide bonds. The van der Waals surface area contributed by atoms with Gasteiger partial charge < -0.3 is 9.47 Å². The first-order chi connectivity index (χ1) is 12.2. The van der Waals surface area contributed by atoms with Crippen molar-refractivity contribution in [3.8, 4) is 0 Å². The van der Waals surface area contributed by atoms with Gasteiger partial charge in [0.2, 0.25) is 0 Å². The Bertz CT molecular complexity index is 882. The molecule has 0 saturated carbocycles. The molecule has 1 aliphatic heterocycles. The molecule has 0 aliphatic carbocycles. The van der Waals surface area contributed by atoms with Gasteiger partial charge >= 0.3 is 0 Å². The lowest BCUT2D eigenvalue weighted by atomic mass is 9.96. The Labute approximate surface area is 155 Å². The van der Waals surface area contributed by atoms with Crippen LogP contribution in [0, 0.1) is 5.92 Å². The van der Waals surface area contributed by atoms with Gasteiger partial charge in [-0.1, -0.05) is 18.2 Å². The molecule has 0 atom stereocenters. The van der Waals surface area contributed by atoms with Crippen LogP contribution in [0.5, 0.6) is 0 Å². The molecule has 0 spiro atoms. The first-order valence-corrected chi connectivity index (χ1v) is 9.45. The van der Waals surface area contributed by atoms with Gasteiger partial charge in [0.1, 0.15) is 5.65 Å². The zero-order chi connectivity index (χ0) is 17.2. The van der Waals surface area contributed by atoms with Crippen LogP contribution >= 0.6 is 15.9 Å². The standard InChI is InChI=1S/C20H20BrN3O/c21-18-12-17-8-11-24(19(17)22-13-18)14-15-6-9-23(10-7-15)20(25)16-4-2-1-3-5-16/h1-5,8,11-13,15H,6-7,9-10,14H2. The SMILES string of the molecule is O=C(c1ccccc1)N1CCC(Cn2ccc3cc(Br)cnc32)CC1. The van der Waals surface area contributed by atoms with Gasteiger partial charge in [0.05, 0.1) is 0 Å². The zero-order valence-corrected chi connectivity index (χ0v) is 15.5. The molecule has 128 valence electrons. The van der Waals surface area contributed by atoms with Gasteiger partial charge in [-0.3, -0.25) is 4.79 Å². The molecule has 5 heteroatoms. The summed E-state index contributed by atoms with van der Waals surface area (Å²) in [6.07, 6.45) is 6.04. The van der Waals surface area contributed by atoms with Crippen LogP contribution < -0.4 is 0 Å². The lowest BCUT2D eigenvalue weighted by Crippen LogP contribution is -2.39. The van der Waals surface area contributed by atoms with Crippen LogP contribution in [0.25, 0.3) is 11.0 Å². The Kier molecular flexibility index (Phi) is 4.57. The minimum atomic E-state index is 0.150. The van der Waals surface area contributed by atoms with Gasteiger partial charge in [0.25, 0.3) is 5.91 Å². The van der Waals surface area contributed by atoms with Crippen molar-refractivity contribution in [1.82, 2.24) is 14.5 Å². The first kappa shape index (κ1) is 16.3. The molecule has 1 fully saturated rings. The van der Waals surface area contributed by atoms with E-state index in [0.717, 1.165) is 53.5 Å². The highest BCUT2D eigenvalue weighted by Crippen LogP contribution is 2.24. The molecule has 1 saturated heterocycles. The Morgan fingerprint density at radius 2 is 1.92 bits per heavy atom. The van der Waals surface area contributed by atoms with Crippen molar-refractivity contribution in [2.24, 2.45) is 5.92 Å². The molecular weight excluding hydrogens is 378 g/mol. The second-order valence-corrected chi connectivity index (χ2v) is 7.55. The molecule has 3 heterocycles. The maximum atomic E-state index is 12.5. The number of pyridine rings is 1. The number of likely N-dealkylation sites (tertiary alicyclic amines) is 1. The maximum absolute atomic E-state index is 12.5. The minimum absolute atomic E-state index is 0.150. The lowest BCUT2D eigenvalue weighted by Gasteiger charge is -2.32. The van der Waals surface area contributed by atoms with Crippen LogP contribution in [0.1, 0.15) is 23.2 Å². The molecule has 0 bridgehead atoms. The van der Waals surface area contributed by atoms with Crippen LogP contribution in [0.2, 0.25) is 0 Å². The number of hydrogen-bond donors (Lipinski definition) is 0. The van der Waals surface area contributed by atoms with Gasteiger partial charge in [-0.2, -0.15) is 0 Å². The summed E-state index contributed by atoms with van der Waals surface area (Å²) >= 11 is 3.47. The third-order valence-corrected chi connectivity index (χ3v) is 5.38. The third-order valence-electron chi connectivity index (χ3n) is 4.95. The van der Waals surface area contributed by atoms with Crippen molar-refractivity contribution < 1.29 is 4.79 Å². The van der Waals surface area contributed by atoms with E-state index in [1.54, 1.807) is 0 Å². The molecule has 0 unspecified atom stereocenters. The highest BCUT2D eigenvalue weighted by Gasteiger charge is 2.24. The number of aromatic nitrogens is 2. The lowest BCUT2D eigenvalue weighted by molar-refractivity contribution is 0.0683. The maximum Gasteiger partial charge on any atom is 0.253 e. The Hall–Kier alpha value is -2.14. The Balaban J connectivity index is 1.39. The van der Waals surface area contributed by atoms with E-state index < -0.39 is 0 Å². The molecule has 1 aliphatic rings. The fourth-order valence-corrected chi connectivity index (χ4v) is 3.91. The average molecular weight is 398 g/mol. The molecule has 4 nitrogen and oxygen atoms in total. The quantitative estimate of drug-likeness (QED) is 0.658. The van der Waals surface area contributed by atoms with E-state index in [2.05, 4.69) is 43.8 Å². The molecule has 2 aromatic heterocycles. The van der Waals surface area contributed by atoms with E-state index in [9.17, 15) is 4.79 Å². The van der Waals surface area contributed by atoms with Crippen LogP contribution in [0.4, 0.5) is 0 Å². The highest BCUT2D eigenvalue weighted by atomic mass is 79.9. The first-order valence-electron chi connectivity index (χ1n) is 8.65. The Morgan fingerprint density at radius 1 is 1.16 bits per heavy atom. The molecule has 3 aromatic rings. The van der Waals surface area contributed by atoms with E-state index in [1.165, 1.54) is 0 Å². The summed E-state index contributed by atoms with van der Waals surface area (Å²) in [7, 11) is 0. The predicted octanol–water partition coefficient (Wildman–Crippen LogP) is 4.35. The number of carbonyl (C=O) groups is 1. The monoisotopic (exact) mass is 397 g/mol. The Morgan fingerprint density at radius 3 is 2.68 bits per heavy atom. The number of piperidine rings is 1. The van der Waals surface area contributed by atoms with E-state index >= 15 is 0 Å². The summed E-state index contributed by atoms with van der Waals surface area (Å²) in [5.41, 5.74) is 1.82. The second kappa shape index (κ2) is 7.00. The summed E-state index contributed by atoms with van der Waals surface area (Å²) in [6.45, 7) is 2.62. The second-order valence-electron chi connectivity index (χ2n) is 6.64. The van der Waals surface area contributed by atoms with Gasteiger partial charge in [-0.05, 0) is 59.0 Å². The summed E-state index contributed by atoms with van der Waals surface area (Å²) in [6, 6.07) is 13.8. The zero-order valence-electron chi connectivity index (χ0n) is 13.9. The molecule has 1 aromatic carbocycles. The third kappa shape index (κ3) is 3.47. The van der Waals surface area contributed by atoms with Crippen molar-refractivity contribution in [3.63, 3.8) is 0 Å². The van der Waals surface area contributed by atoms with Gasteiger partial charge in [0, 0.05) is 47.5 Å². The molecule has 4 rings (SSSR count). The van der Waals surface area contributed by atoms with Crippen molar-refractivity contribution in [2.75, 3.05) is 13.1 Å². The van der Waals surface area contributed by atoms with Crippen molar-refractivity contribution >= 4 is 32.9 Å². The number of fused-ring (bicyclic) bond motifs is 1. The molecule has 0 radical (unpaired) electrons. The molecule has 0 N–H and O–H groups in total. The molecule has 25 heavy (non-hydrogen) atoms. The van der Waals surface area contributed by atoms with E-state index in [-0.39, 0.29) is 5.91 Å². The number of carbonyl (C=O) groups excluding carboxylic acids is 1. The van der Waals surface area contributed by atoms with Crippen LogP contribution in [-0.2, 0) is 6.54 Å². The topological polar surface area (TPSA) is 38.1 Å². The summed E-state index contributed by atoms with van der Waals surface area (Å²) in [5.74, 6) is 0.734. The number of benzene rings is 1. The molecular formula is C20H20BrN3O. The van der Waals surface area contributed by atoms with Crippen LogP contribution in [-0.4, -0.2) is 33.4 Å². The van der Waals surface area contributed by atoms with Crippen LogP contribution in [0.15, 0.2) is 59.3 Å². The number of nitrogens with zero attached hydrogens (tertiary/aromatic N) is 3. The summed E-state index contributed by atoms with van der Waals surface area (Å²) in [4.78, 5) is 19.1. The fraction of sp³-hybridized carbons (Fsp3) is 0.300. The summed E-state index contributed by atoms with van der Waals surface area (Å²) in [5, 5.41) is 1.16. The van der Waals surface area contributed by atoms with E-state index in [4.69, 9.17) is 0 Å². The summed E-state index contributed by atoms with van der Waals surface area (Å²) < 4.78 is 3.24. The number of halogens is 1. The number of amides is 1. The van der Waals surface area contributed by atoms with Crippen molar-refractivity contribution in [3.05, 3.63) is 64.9 Å². The van der Waals surface area contributed by atoms with Gasteiger partial charge in [0.15, 0.2) is 0 Å². The van der Waals surface area contributed by atoms with Crippen molar-refractivity contribution in [1.29, 1.82) is 0 Å². The van der Waals surface area contributed by atoms with E-state index in [0.29, 0.717) is 5.92 Å². The van der Waals surface area contributed by atoms with Crippen LogP contribution in [0.3, 0.4) is 0 Å².